The molecule has 0 N–H and O–H groups in total. The van der Waals surface area contributed by atoms with Crippen LogP contribution >= 0.6 is 0 Å². The number of nitrogens with zero attached hydrogens (tertiary/aromatic N) is 2. The van der Waals surface area contributed by atoms with Crippen molar-refractivity contribution in [1.82, 2.24) is 9.36 Å². The first-order chi connectivity index (χ1) is 8.83. The van der Waals surface area contributed by atoms with E-state index in [0.717, 1.165) is 37.1 Å². The molecule has 0 radical (unpaired) electrons. The van der Waals surface area contributed by atoms with Crippen LogP contribution in [0.25, 0.3) is 5.69 Å². The third-order valence-electron chi connectivity index (χ3n) is 3.74. The second-order valence-electron chi connectivity index (χ2n) is 4.80. The molecule has 0 amide bonds. The van der Waals surface area contributed by atoms with Crippen LogP contribution in [0.15, 0.2) is 35.1 Å². The van der Waals surface area contributed by atoms with Gasteiger partial charge >= 0.3 is 0 Å². The van der Waals surface area contributed by atoms with Crippen LogP contribution in [0, 0.1) is 0 Å². The summed E-state index contributed by atoms with van der Waals surface area (Å²) in [5.74, 6) is 0. The Morgan fingerprint density at radius 2 is 1.83 bits per heavy atom. The van der Waals surface area contributed by atoms with Crippen molar-refractivity contribution < 1.29 is 0 Å². The Labute approximate surface area is 107 Å². The molecule has 0 saturated carbocycles. The number of rotatable bonds is 2. The minimum atomic E-state index is 0.178. The van der Waals surface area contributed by atoms with Gasteiger partial charge in [0.25, 0.3) is 5.56 Å². The molecule has 94 valence electrons. The molecule has 2 aromatic rings. The van der Waals surface area contributed by atoms with Gasteiger partial charge < -0.3 is 0 Å². The van der Waals surface area contributed by atoms with Gasteiger partial charge in [0.2, 0.25) is 0 Å². The molecular weight excluding hydrogens is 224 g/mol. The fourth-order valence-electron chi connectivity index (χ4n) is 2.92. The van der Waals surface area contributed by atoms with Crippen molar-refractivity contribution in [3.8, 4) is 5.69 Å². The SMILES string of the molecule is CCn1c2c(c(=O)n1-c1ccccc1)CCCC2. The monoisotopic (exact) mass is 242 g/mol. The minimum Gasteiger partial charge on any atom is -0.282 e. The first-order valence-electron chi connectivity index (χ1n) is 6.72. The van der Waals surface area contributed by atoms with Gasteiger partial charge in [0.1, 0.15) is 0 Å². The lowest BCUT2D eigenvalue weighted by Gasteiger charge is -2.15. The molecule has 0 spiro atoms. The lowest BCUT2D eigenvalue weighted by molar-refractivity contribution is 0.533. The fraction of sp³-hybridized carbons (Fsp3) is 0.400. The smallest absolute Gasteiger partial charge is 0.274 e. The lowest BCUT2D eigenvalue weighted by Crippen LogP contribution is -2.22. The van der Waals surface area contributed by atoms with Gasteiger partial charge in [-0.15, -0.1) is 0 Å². The van der Waals surface area contributed by atoms with Crippen LogP contribution in [0.4, 0.5) is 0 Å². The van der Waals surface area contributed by atoms with Crippen molar-refractivity contribution in [3.63, 3.8) is 0 Å². The minimum absolute atomic E-state index is 0.178. The molecule has 1 aliphatic carbocycles. The Balaban J connectivity index is 2.26. The molecule has 0 aliphatic heterocycles. The molecule has 3 heteroatoms. The summed E-state index contributed by atoms with van der Waals surface area (Å²) in [5.41, 5.74) is 3.43. The number of benzene rings is 1. The molecule has 0 saturated heterocycles. The highest BCUT2D eigenvalue weighted by Crippen LogP contribution is 2.20. The van der Waals surface area contributed by atoms with Gasteiger partial charge in [0.05, 0.1) is 5.69 Å². The Bertz CT molecular complexity index is 607. The first kappa shape index (κ1) is 11.3. The largest absolute Gasteiger partial charge is 0.282 e. The number of para-hydroxylation sites is 1. The second-order valence-corrected chi connectivity index (χ2v) is 4.80. The third-order valence-corrected chi connectivity index (χ3v) is 3.74. The van der Waals surface area contributed by atoms with Gasteiger partial charge in [-0.25, -0.2) is 4.68 Å². The van der Waals surface area contributed by atoms with E-state index in [-0.39, 0.29) is 5.56 Å². The van der Waals surface area contributed by atoms with Gasteiger partial charge in [-0.3, -0.25) is 9.48 Å². The molecule has 0 atom stereocenters. The molecule has 18 heavy (non-hydrogen) atoms. The maximum atomic E-state index is 12.5. The summed E-state index contributed by atoms with van der Waals surface area (Å²) in [5, 5.41) is 0. The van der Waals surface area contributed by atoms with Gasteiger partial charge in [-0.05, 0) is 44.7 Å². The van der Waals surface area contributed by atoms with Gasteiger partial charge in [-0.1, -0.05) is 18.2 Å². The van der Waals surface area contributed by atoms with E-state index in [0.29, 0.717) is 0 Å². The predicted octanol–water partition coefficient (Wildman–Crippen LogP) is 2.54. The van der Waals surface area contributed by atoms with Crippen LogP contribution < -0.4 is 5.56 Å². The Morgan fingerprint density at radius 1 is 1.11 bits per heavy atom. The summed E-state index contributed by atoms with van der Waals surface area (Å²) in [6.45, 7) is 2.95. The van der Waals surface area contributed by atoms with E-state index >= 15 is 0 Å². The third kappa shape index (κ3) is 1.62. The summed E-state index contributed by atoms with van der Waals surface area (Å²) in [4.78, 5) is 12.5. The Kier molecular flexibility index (Phi) is 2.82. The zero-order valence-corrected chi connectivity index (χ0v) is 10.7. The normalized spacial score (nSPS) is 14.5. The van der Waals surface area contributed by atoms with Gasteiger partial charge in [0.15, 0.2) is 0 Å². The van der Waals surface area contributed by atoms with Crippen molar-refractivity contribution in [2.75, 3.05) is 0 Å². The van der Waals surface area contributed by atoms with Crippen LogP contribution in [-0.2, 0) is 19.4 Å². The van der Waals surface area contributed by atoms with Crippen LogP contribution in [0.5, 0.6) is 0 Å². The molecule has 1 aromatic carbocycles. The highest BCUT2D eigenvalue weighted by Gasteiger charge is 2.22. The highest BCUT2D eigenvalue weighted by molar-refractivity contribution is 5.34. The van der Waals surface area contributed by atoms with Gasteiger partial charge in [-0.2, -0.15) is 0 Å². The lowest BCUT2D eigenvalue weighted by atomic mass is 9.98. The predicted molar refractivity (Wildman–Crippen MR) is 72.3 cm³/mol. The molecule has 0 fully saturated rings. The van der Waals surface area contributed by atoms with Crippen molar-refractivity contribution in [2.24, 2.45) is 0 Å². The van der Waals surface area contributed by atoms with Crippen LogP contribution in [0.2, 0.25) is 0 Å². The van der Waals surface area contributed by atoms with Crippen molar-refractivity contribution in [3.05, 3.63) is 51.9 Å². The number of aromatic nitrogens is 2. The average molecular weight is 242 g/mol. The average Bonchev–Trinajstić information content (AvgIpc) is 2.73. The second kappa shape index (κ2) is 4.48. The quantitative estimate of drug-likeness (QED) is 0.795. The summed E-state index contributed by atoms with van der Waals surface area (Å²) in [7, 11) is 0. The first-order valence-corrected chi connectivity index (χ1v) is 6.72. The van der Waals surface area contributed by atoms with Crippen LogP contribution in [-0.4, -0.2) is 9.36 Å². The van der Waals surface area contributed by atoms with E-state index in [4.69, 9.17) is 0 Å². The van der Waals surface area contributed by atoms with Crippen molar-refractivity contribution in [1.29, 1.82) is 0 Å². The molecule has 3 nitrogen and oxygen atoms in total. The zero-order valence-electron chi connectivity index (χ0n) is 10.7. The summed E-state index contributed by atoms with van der Waals surface area (Å²) >= 11 is 0. The maximum absolute atomic E-state index is 12.5. The summed E-state index contributed by atoms with van der Waals surface area (Å²) < 4.78 is 3.99. The highest BCUT2D eigenvalue weighted by atomic mass is 16.1. The van der Waals surface area contributed by atoms with E-state index in [9.17, 15) is 4.79 Å². The summed E-state index contributed by atoms with van der Waals surface area (Å²) in [6.07, 6.45) is 4.32. The number of hydrogen-bond donors (Lipinski definition) is 0. The molecule has 1 aliphatic rings. The molecule has 0 bridgehead atoms. The molecule has 0 unspecified atom stereocenters. The van der Waals surface area contributed by atoms with Crippen molar-refractivity contribution in [2.45, 2.75) is 39.2 Å². The van der Waals surface area contributed by atoms with E-state index in [1.165, 1.54) is 12.1 Å². The number of hydrogen-bond acceptors (Lipinski definition) is 1. The standard InChI is InChI=1S/C15H18N2O/c1-2-16-14-11-7-6-10-13(14)15(18)17(16)12-8-4-3-5-9-12/h3-5,8-9H,2,6-7,10-11H2,1H3. The van der Waals surface area contributed by atoms with Crippen molar-refractivity contribution >= 4 is 0 Å². The summed E-state index contributed by atoms with van der Waals surface area (Å²) in [6, 6.07) is 9.94. The zero-order chi connectivity index (χ0) is 12.5. The number of fused-ring (bicyclic) bond motifs is 1. The fourth-order valence-corrected chi connectivity index (χ4v) is 2.92. The van der Waals surface area contributed by atoms with Crippen LogP contribution in [0.1, 0.15) is 31.0 Å². The molecule has 1 aromatic heterocycles. The van der Waals surface area contributed by atoms with Crippen LogP contribution in [0.3, 0.4) is 0 Å². The van der Waals surface area contributed by atoms with Gasteiger partial charge in [0, 0.05) is 17.8 Å². The molecule has 3 rings (SSSR count). The maximum Gasteiger partial charge on any atom is 0.274 e. The topological polar surface area (TPSA) is 26.9 Å². The van der Waals surface area contributed by atoms with E-state index in [2.05, 4.69) is 11.6 Å². The molecular formula is C15H18N2O. The van der Waals surface area contributed by atoms with E-state index < -0.39 is 0 Å². The van der Waals surface area contributed by atoms with E-state index in [1.54, 1.807) is 0 Å². The Hall–Kier alpha value is -1.77. The Morgan fingerprint density at radius 3 is 2.56 bits per heavy atom. The molecule has 1 heterocycles. The van der Waals surface area contributed by atoms with E-state index in [1.807, 2.05) is 35.0 Å².